The number of rotatable bonds is 5. The number of esters is 2. The van der Waals surface area contributed by atoms with Crippen LogP contribution in [0.4, 0.5) is 0 Å². The largest absolute Gasteiger partial charge is 0.506 e. The van der Waals surface area contributed by atoms with Gasteiger partial charge >= 0.3 is 11.9 Å². The maximum absolute atomic E-state index is 12.7. The van der Waals surface area contributed by atoms with Crippen molar-refractivity contribution in [3.8, 4) is 22.7 Å². The van der Waals surface area contributed by atoms with E-state index >= 15 is 0 Å². The fourth-order valence-corrected chi connectivity index (χ4v) is 3.30. The van der Waals surface area contributed by atoms with Gasteiger partial charge in [0.1, 0.15) is 17.0 Å². The number of carbonyl (C=O) groups excluding carboxylic acids is 2. The molecule has 156 valence electrons. The van der Waals surface area contributed by atoms with Gasteiger partial charge in [-0.25, -0.2) is 14.3 Å². The number of hydrogen-bond donors (Lipinski definition) is 1. The van der Waals surface area contributed by atoms with Crippen molar-refractivity contribution in [1.29, 1.82) is 0 Å². The molecule has 0 bridgehead atoms. The second kappa shape index (κ2) is 8.59. The second-order valence-electron chi connectivity index (χ2n) is 6.86. The molecule has 2 aromatic carbocycles. The molecule has 0 amide bonds. The number of aromatic hydroxyl groups is 1. The lowest BCUT2D eigenvalue weighted by Crippen LogP contribution is -2.15. The van der Waals surface area contributed by atoms with E-state index < -0.39 is 11.9 Å². The summed E-state index contributed by atoms with van der Waals surface area (Å²) in [6.07, 6.45) is 0. The van der Waals surface area contributed by atoms with Crippen LogP contribution in [-0.4, -0.2) is 41.0 Å². The Morgan fingerprint density at radius 3 is 2.27 bits per heavy atom. The van der Waals surface area contributed by atoms with E-state index in [1.165, 1.54) is 18.9 Å². The molecule has 0 spiro atoms. The van der Waals surface area contributed by atoms with E-state index in [0.717, 1.165) is 5.56 Å². The Morgan fingerprint density at radius 1 is 1.07 bits per heavy atom. The molecule has 0 saturated carbocycles. The summed E-state index contributed by atoms with van der Waals surface area (Å²) in [5, 5.41) is 15.3. The molecule has 0 atom stereocenters. The third-order valence-electron chi connectivity index (χ3n) is 4.66. The lowest BCUT2D eigenvalue weighted by Gasteiger charge is -2.12. The van der Waals surface area contributed by atoms with E-state index in [9.17, 15) is 14.7 Å². The van der Waals surface area contributed by atoms with E-state index in [0.29, 0.717) is 5.69 Å². The third-order valence-corrected chi connectivity index (χ3v) is 4.95. The van der Waals surface area contributed by atoms with E-state index in [-0.39, 0.29) is 39.2 Å². The van der Waals surface area contributed by atoms with Crippen LogP contribution < -0.4 is 0 Å². The number of aromatic nitrogens is 2. The first-order chi connectivity index (χ1) is 14.3. The Balaban J connectivity index is 2.43. The smallest absolute Gasteiger partial charge is 0.357 e. The van der Waals surface area contributed by atoms with Crippen LogP contribution in [0.5, 0.6) is 5.75 Å². The Morgan fingerprint density at radius 2 is 1.70 bits per heavy atom. The molecule has 0 aliphatic heterocycles. The predicted molar refractivity (Wildman–Crippen MR) is 112 cm³/mol. The highest BCUT2D eigenvalue weighted by Crippen LogP contribution is 2.40. The predicted octanol–water partition coefficient (Wildman–Crippen LogP) is 4.59. The Hall–Kier alpha value is -3.32. The van der Waals surface area contributed by atoms with Crippen LogP contribution in [0.3, 0.4) is 0 Å². The molecule has 0 fully saturated rings. The fourth-order valence-electron chi connectivity index (χ4n) is 3.08. The van der Waals surface area contributed by atoms with Crippen molar-refractivity contribution in [2.45, 2.75) is 19.8 Å². The molecular weight excluding hydrogens is 408 g/mol. The minimum Gasteiger partial charge on any atom is -0.506 e. The maximum atomic E-state index is 12.7. The lowest BCUT2D eigenvalue weighted by molar-refractivity contribution is 0.0549. The number of carbonyl (C=O) groups is 2. The van der Waals surface area contributed by atoms with Gasteiger partial charge < -0.3 is 14.6 Å². The second-order valence-corrected chi connectivity index (χ2v) is 7.26. The summed E-state index contributed by atoms with van der Waals surface area (Å²) in [5.41, 5.74) is 1.40. The molecule has 30 heavy (non-hydrogen) atoms. The van der Waals surface area contributed by atoms with Crippen LogP contribution >= 0.6 is 11.6 Å². The van der Waals surface area contributed by atoms with Gasteiger partial charge in [0, 0.05) is 5.56 Å². The van der Waals surface area contributed by atoms with Crippen LogP contribution in [0.25, 0.3) is 16.9 Å². The van der Waals surface area contributed by atoms with Crippen LogP contribution in [0.1, 0.15) is 46.2 Å². The van der Waals surface area contributed by atoms with Crippen molar-refractivity contribution in [3.63, 3.8) is 0 Å². The quantitative estimate of drug-likeness (QED) is 0.597. The molecule has 1 heterocycles. The first-order valence-electron chi connectivity index (χ1n) is 9.18. The van der Waals surface area contributed by atoms with Crippen molar-refractivity contribution in [2.75, 3.05) is 14.2 Å². The average Bonchev–Trinajstić information content (AvgIpc) is 3.15. The Bertz CT molecular complexity index is 1110. The van der Waals surface area contributed by atoms with Gasteiger partial charge in [-0.15, -0.1) is 0 Å². The minimum absolute atomic E-state index is 0.0630. The van der Waals surface area contributed by atoms with Crippen LogP contribution in [-0.2, 0) is 9.47 Å². The van der Waals surface area contributed by atoms with Gasteiger partial charge in [0.2, 0.25) is 0 Å². The highest BCUT2D eigenvalue weighted by atomic mass is 35.5. The number of phenolic OH excluding ortho intramolecular Hbond substituents is 1. The summed E-state index contributed by atoms with van der Waals surface area (Å²) in [6.45, 7) is 3.94. The number of halogens is 1. The van der Waals surface area contributed by atoms with Crippen molar-refractivity contribution in [2.24, 2.45) is 0 Å². The molecule has 0 unspecified atom stereocenters. The monoisotopic (exact) mass is 428 g/mol. The standard InChI is InChI=1S/C22H21ClN2O5/c1-12(2)13-10-15(20(26)16(23)11-13)18-17(21(27)29-3)19(22(28)30-4)25(24-18)14-8-6-5-7-9-14/h5-12,26H,1-4H3. The summed E-state index contributed by atoms with van der Waals surface area (Å²) in [6, 6.07) is 12.1. The molecule has 0 radical (unpaired) electrons. The van der Waals surface area contributed by atoms with E-state index in [4.69, 9.17) is 21.1 Å². The maximum Gasteiger partial charge on any atom is 0.357 e. The van der Waals surface area contributed by atoms with Crippen LogP contribution in [0.15, 0.2) is 42.5 Å². The summed E-state index contributed by atoms with van der Waals surface area (Å²) in [7, 11) is 2.41. The normalized spacial score (nSPS) is 10.9. The highest BCUT2D eigenvalue weighted by Gasteiger charge is 2.32. The van der Waals surface area contributed by atoms with E-state index in [1.807, 2.05) is 19.9 Å². The first-order valence-corrected chi connectivity index (χ1v) is 9.55. The van der Waals surface area contributed by atoms with E-state index in [2.05, 4.69) is 5.10 Å². The average molecular weight is 429 g/mol. The molecular formula is C22H21ClN2O5. The van der Waals surface area contributed by atoms with Gasteiger partial charge in [0.15, 0.2) is 5.69 Å². The van der Waals surface area contributed by atoms with Gasteiger partial charge in [-0.05, 0) is 35.7 Å². The van der Waals surface area contributed by atoms with Crippen LogP contribution in [0, 0.1) is 0 Å². The number of ether oxygens (including phenoxy) is 2. The van der Waals surface area contributed by atoms with Crippen LogP contribution in [0.2, 0.25) is 5.02 Å². The zero-order valence-corrected chi connectivity index (χ0v) is 17.7. The summed E-state index contributed by atoms with van der Waals surface area (Å²) < 4.78 is 11.1. The number of para-hydroxylation sites is 1. The van der Waals surface area contributed by atoms with Gasteiger partial charge in [0.25, 0.3) is 0 Å². The van der Waals surface area contributed by atoms with Crippen molar-refractivity contribution in [1.82, 2.24) is 9.78 Å². The Labute approximate surface area is 178 Å². The lowest BCUT2D eigenvalue weighted by atomic mass is 9.97. The molecule has 0 aliphatic rings. The number of phenols is 1. The van der Waals surface area contributed by atoms with Crippen molar-refractivity contribution >= 4 is 23.5 Å². The molecule has 8 heteroatoms. The summed E-state index contributed by atoms with van der Waals surface area (Å²) in [4.78, 5) is 25.4. The van der Waals surface area contributed by atoms with Gasteiger partial charge in [-0.3, -0.25) is 0 Å². The number of hydrogen-bond acceptors (Lipinski definition) is 6. The molecule has 3 aromatic rings. The van der Waals surface area contributed by atoms with Gasteiger partial charge in [0.05, 0.1) is 24.9 Å². The molecule has 7 nitrogen and oxygen atoms in total. The zero-order valence-electron chi connectivity index (χ0n) is 17.0. The summed E-state index contributed by atoms with van der Waals surface area (Å²) >= 11 is 6.24. The molecule has 3 rings (SSSR count). The number of methoxy groups -OCH3 is 2. The number of benzene rings is 2. The topological polar surface area (TPSA) is 90.6 Å². The van der Waals surface area contributed by atoms with Crippen molar-refractivity contribution in [3.05, 3.63) is 64.3 Å². The van der Waals surface area contributed by atoms with Gasteiger partial charge in [-0.2, -0.15) is 5.10 Å². The molecule has 1 aromatic heterocycles. The van der Waals surface area contributed by atoms with E-state index in [1.54, 1.807) is 36.4 Å². The minimum atomic E-state index is -0.793. The highest BCUT2D eigenvalue weighted by molar-refractivity contribution is 6.32. The molecule has 1 N–H and O–H groups in total. The fraction of sp³-hybridized carbons (Fsp3) is 0.227. The molecule has 0 aliphatic carbocycles. The third kappa shape index (κ3) is 3.76. The first kappa shape index (κ1) is 21.4. The SMILES string of the molecule is COC(=O)c1c(-c2cc(C(C)C)cc(Cl)c2O)nn(-c2ccccc2)c1C(=O)OC. The Kier molecular flexibility index (Phi) is 6.12. The molecule has 0 saturated heterocycles. The summed E-state index contributed by atoms with van der Waals surface area (Å²) in [5.74, 6) is -1.72. The van der Waals surface area contributed by atoms with Gasteiger partial charge in [-0.1, -0.05) is 43.6 Å². The van der Waals surface area contributed by atoms with Crippen molar-refractivity contribution < 1.29 is 24.2 Å². The number of nitrogens with zero attached hydrogens (tertiary/aromatic N) is 2. The zero-order chi connectivity index (χ0) is 22.0.